The van der Waals surface area contributed by atoms with Crippen molar-refractivity contribution < 1.29 is 27.6 Å². The highest BCUT2D eigenvalue weighted by molar-refractivity contribution is 6.03. The van der Waals surface area contributed by atoms with E-state index in [1.807, 2.05) is 13.8 Å². The second-order valence-electron chi connectivity index (χ2n) is 8.17. The van der Waals surface area contributed by atoms with Gasteiger partial charge in [0.1, 0.15) is 6.04 Å². The van der Waals surface area contributed by atoms with E-state index in [0.29, 0.717) is 17.8 Å². The number of nitrogens with one attached hydrogen (secondary N) is 2. The Morgan fingerprint density at radius 3 is 2.35 bits per heavy atom. The van der Waals surface area contributed by atoms with Crippen LogP contribution in [0.4, 0.5) is 18.0 Å². The van der Waals surface area contributed by atoms with E-state index in [1.165, 1.54) is 29.0 Å². The van der Waals surface area contributed by atoms with Crippen LogP contribution in [0, 0.1) is 5.92 Å². The lowest BCUT2D eigenvalue weighted by Crippen LogP contribution is -2.47. The Kier molecular flexibility index (Phi) is 6.02. The van der Waals surface area contributed by atoms with Gasteiger partial charge in [-0.05, 0) is 30.5 Å². The first-order chi connectivity index (χ1) is 14.4. The van der Waals surface area contributed by atoms with Crippen LogP contribution >= 0.6 is 0 Å². The van der Waals surface area contributed by atoms with Gasteiger partial charge < -0.3 is 15.5 Å². The Balaban J connectivity index is 1.89. The van der Waals surface area contributed by atoms with Crippen LogP contribution in [-0.2, 0) is 15.8 Å². The average Bonchev–Trinajstić information content (AvgIpc) is 3.05. The number of benzene rings is 1. The summed E-state index contributed by atoms with van der Waals surface area (Å²) in [5.41, 5.74) is 0.223. The molecule has 168 valence electrons. The summed E-state index contributed by atoms with van der Waals surface area (Å²) < 4.78 is 38.7. The lowest BCUT2D eigenvalue weighted by Gasteiger charge is -2.31. The molecule has 31 heavy (non-hydrogen) atoms. The maximum atomic E-state index is 13.2. The molecule has 2 atom stereocenters. The van der Waals surface area contributed by atoms with Crippen molar-refractivity contribution in [3.05, 3.63) is 46.7 Å². The minimum atomic E-state index is -4.49. The number of urea groups is 1. The van der Waals surface area contributed by atoms with Crippen molar-refractivity contribution in [2.75, 3.05) is 20.1 Å². The predicted octanol–water partition coefficient (Wildman–Crippen LogP) is 2.66. The molecule has 0 aliphatic carbocycles. The Morgan fingerprint density at radius 1 is 1.19 bits per heavy atom. The number of likely N-dealkylation sites (N-methyl/N-ethyl adjacent to an activating group) is 1. The normalized spacial score (nSPS) is 20.2. The number of hydrogen-bond acceptors (Lipinski definition) is 3. The molecule has 2 aliphatic rings. The summed E-state index contributed by atoms with van der Waals surface area (Å²) in [6, 6.07) is 2.18. The molecule has 0 fully saturated rings. The van der Waals surface area contributed by atoms with Gasteiger partial charge in [0, 0.05) is 13.6 Å². The van der Waals surface area contributed by atoms with Gasteiger partial charge in [-0.3, -0.25) is 14.5 Å². The number of halogens is 3. The monoisotopic (exact) mass is 438 g/mol. The number of rotatable bonds is 5. The highest BCUT2D eigenvalue weighted by Gasteiger charge is 2.45. The molecular formula is C21H25F3N4O3. The van der Waals surface area contributed by atoms with E-state index in [2.05, 4.69) is 10.6 Å². The quantitative estimate of drug-likeness (QED) is 0.742. The van der Waals surface area contributed by atoms with E-state index in [-0.39, 0.29) is 23.9 Å². The minimum Gasteiger partial charge on any atom is -0.354 e. The van der Waals surface area contributed by atoms with Crippen molar-refractivity contribution in [1.29, 1.82) is 0 Å². The van der Waals surface area contributed by atoms with Crippen LogP contribution < -0.4 is 10.6 Å². The maximum absolute atomic E-state index is 13.2. The van der Waals surface area contributed by atoms with E-state index in [1.54, 1.807) is 6.92 Å². The first-order valence-electron chi connectivity index (χ1n) is 9.95. The van der Waals surface area contributed by atoms with Crippen molar-refractivity contribution in [3.63, 3.8) is 0 Å². The number of nitrogens with zero attached hydrogens (tertiary/aromatic N) is 2. The first-order valence-corrected chi connectivity index (χ1v) is 9.95. The third-order valence-electron chi connectivity index (χ3n) is 5.49. The van der Waals surface area contributed by atoms with E-state index < -0.39 is 35.8 Å². The topological polar surface area (TPSA) is 81.8 Å². The first kappa shape index (κ1) is 22.6. The molecule has 1 aromatic carbocycles. The van der Waals surface area contributed by atoms with E-state index in [9.17, 15) is 27.6 Å². The zero-order chi connectivity index (χ0) is 23.1. The molecule has 2 N–H and O–H groups in total. The van der Waals surface area contributed by atoms with Crippen molar-refractivity contribution in [2.24, 2.45) is 5.92 Å². The van der Waals surface area contributed by atoms with Crippen LogP contribution in [0.2, 0.25) is 0 Å². The molecule has 0 unspecified atom stereocenters. The summed E-state index contributed by atoms with van der Waals surface area (Å²) in [7, 11) is 1.51. The number of hydrogen-bond donors (Lipinski definition) is 2. The van der Waals surface area contributed by atoms with Gasteiger partial charge in [0.25, 0.3) is 5.91 Å². The Hall–Kier alpha value is -3.04. The van der Waals surface area contributed by atoms with Gasteiger partial charge in [-0.15, -0.1) is 0 Å². The lowest BCUT2D eigenvalue weighted by atomic mass is 9.95. The van der Waals surface area contributed by atoms with Crippen LogP contribution in [0.5, 0.6) is 0 Å². The van der Waals surface area contributed by atoms with E-state index in [4.69, 9.17) is 0 Å². The van der Waals surface area contributed by atoms with Crippen LogP contribution in [0.15, 0.2) is 35.5 Å². The van der Waals surface area contributed by atoms with Crippen molar-refractivity contribution in [3.8, 4) is 0 Å². The third kappa shape index (κ3) is 4.38. The van der Waals surface area contributed by atoms with Crippen molar-refractivity contribution in [2.45, 2.75) is 39.0 Å². The zero-order valence-electron chi connectivity index (χ0n) is 17.7. The lowest BCUT2D eigenvalue weighted by molar-refractivity contribution is -0.137. The van der Waals surface area contributed by atoms with E-state index >= 15 is 0 Å². The molecule has 0 saturated carbocycles. The second-order valence-corrected chi connectivity index (χ2v) is 8.17. The Morgan fingerprint density at radius 2 is 1.81 bits per heavy atom. The van der Waals surface area contributed by atoms with Gasteiger partial charge >= 0.3 is 12.2 Å². The fourth-order valence-corrected chi connectivity index (χ4v) is 3.61. The molecule has 0 spiro atoms. The van der Waals surface area contributed by atoms with Gasteiger partial charge in [0.05, 0.1) is 29.4 Å². The van der Waals surface area contributed by atoms with Gasteiger partial charge in [-0.25, -0.2) is 4.79 Å². The molecule has 7 nitrogen and oxygen atoms in total. The van der Waals surface area contributed by atoms with Crippen LogP contribution in [0.3, 0.4) is 0 Å². The SMILES string of the molecule is CC(C)CNC(=O)[C@H](C)N1CC2=C(C1=O)[C@@H](c1ccc(C(F)(F)F)cc1)NC(=O)N2C. The number of carbonyl (C=O) groups is 3. The molecule has 0 saturated heterocycles. The standard InChI is InChI=1S/C21H25F3N4O3/c1-11(2)9-25-18(29)12(3)28-10-15-16(19(28)30)17(26-20(31)27(15)4)13-5-7-14(8-6-13)21(22,23)24/h5-8,11-12,17H,9-10H2,1-4H3,(H,25,29)(H,26,31)/t12-,17+/m0/s1. The fourth-order valence-electron chi connectivity index (χ4n) is 3.61. The predicted molar refractivity (Wildman–Crippen MR) is 107 cm³/mol. The second kappa shape index (κ2) is 8.24. The number of alkyl halides is 3. The van der Waals surface area contributed by atoms with Crippen molar-refractivity contribution >= 4 is 17.8 Å². The zero-order valence-corrected chi connectivity index (χ0v) is 17.7. The molecule has 10 heteroatoms. The van der Waals surface area contributed by atoms with Gasteiger partial charge in [-0.2, -0.15) is 13.2 Å². The summed E-state index contributed by atoms with van der Waals surface area (Å²) in [6.07, 6.45) is -4.49. The summed E-state index contributed by atoms with van der Waals surface area (Å²) in [5, 5.41) is 5.46. The summed E-state index contributed by atoms with van der Waals surface area (Å²) in [5.74, 6) is -0.498. The molecule has 3 rings (SSSR count). The van der Waals surface area contributed by atoms with Crippen molar-refractivity contribution in [1.82, 2.24) is 20.4 Å². The largest absolute Gasteiger partial charge is 0.416 e. The Bertz CT molecular complexity index is 925. The smallest absolute Gasteiger partial charge is 0.354 e. The summed E-state index contributed by atoms with van der Waals surface area (Å²) in [6.45, 7) is 6.03. The molecule has 2 heterocycles. The molecule has 1 aromatic rings. The summed E-state index contributed by atoms with van der Waals surface area (Å²) in [4.78, 5) is 40.8. The molecule has 0 radical (unpaired) electrons. The molecule has 2 aliphatic heterocycles. The van der Waals surface area contributed by atoms with E-state index in [0.717, 1.165) is 12.1 Å². The van der Waals surface area contributed by atoms with Crippen LogP contribution in [0.1, 0.15) is 37.9 Å². The average molecular weight is 438 g/mol. The summed E-state index contributed by atoms with van der Waals surface area (Å²) >= 11 is 0. The Labute approximate surface area is 178 Å². The highest BCUT2D eigenvalue weighted by Crippen LogP contribution is 2.37. The third-order valence-corrected chi connectivity index (χ3v) is 5.49. The minimum absolute atomic E-state index is 0.0610. The van der Waals surface area contributed by atoms with Crippen LogP contribution in [-0.4, -0.2) is 53.8 Å². The molecule has 0 bridgehead atoms. The highest BCUT2D eigenvalue weighted by atomic mass is 19.4. The molecular weight excluding hydrogens is 413 g/mol. The number of carbonyl (C=O) groups excluding carboxylic acids is 3. The van der Waals surface area contributed by atoms with Gasteiger partial charge in [0.15, 0.2) is 0 Å². The molecule has 4 amide bonds. The maximum Gasteiger partial charge on any atom is 0.416 e. The van der Waals surface area contributed by atoms with Gasteiger partial charge in [0.2, 0.25) is 5.91 Å². The number of amides is 4. The van der Waals surface area contributed by atoms with Crippen LogP contribution in [0.25, 0.3) is 0 Å². The van der Waals surface area contributed by atoms with Gasteiger partial charge in [-0.1, -0.05) is 26.0 Å². The fraction of sp³-hybridized carbons (Fsp3) is 0.476. The molecule has 0 aromatic heterocycles.